The van der Waals surface area contributed by atoms with Crippen molar-refractivity contribution in [1.82, 2.24) is 10.2 Å². The maximum atomic E-state index is 13.4. The molecular formula is C27H34BrClN2O3. The van der Waals surface area contributed by atoms with Crippen molar-refractivity contribution in [1.29, 1.82) is 0 Å². The topological polar surface area (TPSA) is 58.6 Å². The van der Waals surface area contributed by atoms with E-state index in [4.69, 9.17) is 16.3 Å². The molecule has 0 radical (unpaired) electrons. The number of ether oxygens (including phenoxy) is 1. The quantitative estimate of drug-likeness (QED) is 0.369. The molecule has 2 aromatic rings. The lowest BCUT2D eigenvalue weighted by Gasteiger charge is -2.31. The van der Waals surface area contributed by atoms with Crippen molar-refractivity contribution >= 4 is 39.3 Å². The van der Waals surface area contributed by atoms with Crippen molar-refractivity contribution < 1.29 is 14.3 Å². The van der Waals surface area contributed by atoms with E-state index in [0.29, 0.717) is 29.7 Å². The fraction of sp³-hybridized carbons (Fsp3) is 0.481. The minimum absolute atomic E-state index is 0.0980. The largest absolute Gasteiger partial charge is 0.483 e. The summed E-state index contributed by atoms with van der Waals surface area (Å²) in [5.41, 5.74) is 2.09. The molecule has 34 heavy (non-hydrogen) atoms. The van der Waals surface area contributed by atoms with Gasteiger partial charge in [0.05, 0.1) is 4.47 Å². The van der Waals surface area contributed by atoms with Gasteiger partial charge in [0.1, 0.15) is 11.8 Å². The summed E-state index contributed by atoms with van der Waals surface area (Å²) in [6, 6.07) is 12.9. The van der Waals surface area contributed by atoms with E-state index >= 15 is 0 Å². The first kappa shape index (κ1) is 26.6. The first-order valence-corrected chi connectivity index (χ1v) is 13.2. The van der Waals surface area contributed by atoms with Crippen molar-refractivity contribution in [2.45, 2.75) is 77.4 Å². The molecule has 1 N–H and O–H groups in total. The molecule has 5 nitrogen and oxygen atoms in total. The molecule has 1 atom stereocenters. The van der Waals surface area contributed by atoms with Crippen LogP contribution >= 0.6 is 27.5 Å². The monoisotopic (exact) mass is 548 g/mol. The molecule has 7 heteroatoms. The Labute approximate surface area is 216 Å². The van der Waals surface area contributed by atoms with Crippen molar-refractivity contribution in [3.8, 4) is 5.75 Å². The predicted octanol–water partition coefficient (Wildman–Crippen LogP) is 6.47. The smallest absolute Gasteiger partial charge is 0.261 e. The van der Waals surface area contributed by atoms with Crippen LogP contribution < -0.4 is 10.1 Å². The van der Waals surface area contributed by atoms with Gasteiger partial charge >= 0.3 is 0 Å². The fourth-order valence-electron chi connectivity index (χ4n) is 4.29. The average molecular weight is 550 g/mol. The second-order valence-corrected chi connectivity index (χ2v) is 10.5. The van der Waals surface area contributed by atoms with Crippen molar-refractivity contribution in [2.75, 3.05) is 6.61 Å². The van der Waals surface area contributed by atoms with Crippen LogP contribution in [-0.2, 0) is 16.1 Å². The van der Waals surface area contributed by atoms with Gasteiger partial charge in [-0.2, -0.15) is 0 Å². The number of carbonyl (C=O) groups excluding carboxylic acids is 2. The van der Waals surface area contributed by atoms with Gasteiger partial charge in [-0.15, -0.1) is 0 Å². The molecular weight excluding hydrogens is 516 g/mol. The number of hydrogen-bond acceptors (Lipinski definition) is 3. The van der Waals surface area contributed by atoms with Gasteiger partial charge < -0.3 is 15.0 Å². The Morgan fingerprint density at radius 3 is 2.41 bits per heavy atom. The summed E-state index contributed by atoms with van der Waals surface area (Å²) < 4.78 is 6.70. The lowest BCUT2D eigenvalue weighted by Crippen LogP contribution is -2.52. The number of nitrogens with zero attached hydrogens (tertiary/aromatic N) is 1. The molecule has 0 spiro atoms. The zero-order valence-electron chi connectivity index (χ0n) is 20.2. The van der Waals surface area contributed by atoms with Crippen LogP contribution in [0.5, 0.6) is 5.75 Å². The van der Waals surface area contributed by atoms with Crippen molar-refractivity contribution in [3.63, 3.8) is 0 Å². The predicted molar refractivity (Wildman–Crippen MR) is 140 cm³/mol. The molecule has 1 fully saturated rings. The third-order valence-electron chi connectivity index (χ3n) is 6.33. The van der Waals surface area contributed by atoms with Crippen LogP contribution in [0.1, 0.15) is 69.9 Å². The van der Waals surface area contributed by atoms with Crippen LogP contribution in [0.25, 0.3) is 0 Å². The summed E-state index contributed by atoms with van der Waals surface area (Å²) in [5, 5.41) is 3.79. The number of nitrogens with one attached hydrogen (secondary N) is 1. The molecule has 0 aliphatic heterocycles. The van der Waals surface area contributed by atoms with Gasteiger partial charge in [-0.05, 0) is 76.5 Å². The van der Waals surface area contributed by atoms with Crippen LogP contribution in [0.2, 0.25) is 5.02 Å². The van der Waals surface area contributed by atoms with E-state index in [9.17, 15) is 9.59 Å². The van der Waals surface area contributed by atoms with Gasteiger partial charge in [-0.1, -0.05) is 63.4 Å². The second kappa shape index (κ2) is 12.6. The van der Waals surface area contributed by atoms with E-state index in [1.165, 1.54) is 5.56 Å². The summed E-state index contributed by atoms with van der Waals surface area (Å²) in [6.07, 6.45) is 4.78. The van der Waals surface area contributed by atoms with Crippen molar-refractivity contribution in [3.05, 3.63) is 63.1 Å². The van der Waals surface area contributed by atoms with Gasteiger partial charge in [0.2, 0.25) is 5.91 Å². The van der Waals surface area contributed by atoms with Crippen LogP contribution in [0, 0.1) is 0 Å². The summed E-state index contributed by atoms with van der Waals surface area (Å²) in [6.45, 7) is 6.34. The molecule has 2 amide bonds. The summed E-state index contributed by atoms with van der Waals surface area (Å²) in [4.78, 5) is 28.2. The maximum absolute atomic E-state index is 13.4. The highest BCUT2D eigenvalue weighted by Gasteiger charge is 2.31. The maximum Gasteiger partial charge on any atom is 0.261 e. The van der Waals surface area contributed by atoms with E-state index in [1.54, 1.807) is 17.0 Å². The zero-order valence-corrected chi connectivity index (χ0v) is 22.5. The van der Waals surface area contributed by atoms with Crippen LogP contribution in [0.3, 0.4) is 0 Å². The van der Waals surface area contributed by atoms with Crippen molar-refractivity contribution in [2.24, 2.45) is 0 Å². The molecule has 0 saturated heterocycles. The number of halogens is 2. The van der Waals surface area contributed by atoms with Gasteiger partial charge in [-0.25, -0.2) is 0 Å². The van der Waals surface area contributed by atoms with E-state index < -0.39 is 6.04 Å². The van der Waals surface area contributed by atoms with Crippen LogP contribution in [-0.4, -0.2) is 35.4 Å². The SMILES string of the molecule is CC[C@@H](C(=O)NC1CCCC1)N(Cc1ccc(Cl)cc1)C(=O)COc1ccc(C(C)C)cc1Br. The molecule has 3 rings (SSSR count). The van der Waals surface area contributed by atoms with Gasteiger partial charge in [0.25, 0.3) is 5.91 Å². The number of amides is 2. The molecule has 0 aromatic heterocycles. The number of carbonyl (C=O) groups is 2. The third-order valence-corrected chi connectivity index (χ3v) is 7.20. The Bertz CT molecular complexity index is 974. The van der Waals surface area contributed by atoms with E-state index in [0.717, 1.165) is 35.7 Å². The lowest BCUT2D eigenvalue weighted by molar-refractivity contribution is -0.143. The molecule has 2 aromatic carbocycles. The van der Waals surface area contributed by atoms with Crippen LogP contribution in [0.4, 0.5) is 0 Å². The van der Waals surface area contributed by atoms with E-state index in [-0.39, 0.29) is 24.5 Å². The standard InChI is InChI=1S/C27H34BrClN2O3/c1-4-24(27(33)30-22-7-5-6-8-22)31(16-19-9-12-21(29)13-10-19)26(32)17-34-25-14-11-20(18(2)3)15-23(25)28/h9-15,18,22,24H,4-8,16-17H2,1-3H3,(H,30,33)/t24-/m0/s1. The summed E-state index contributed by atoms with van der Waals surface area (Å²) in [7, 11) is 0. The Balaban J connectivity index is 1.76. The minimum atomic E-state index is -0.570. The molecule has 0 heterocycles. The van der Waals surface area contributed by atoms with E-state index in [2.05, 4.69) is 35.1 Å². The average Bonchev–Trinajstić information content (AvgIpc) is 3.32. The molecule has 184 valence electrons. The Kier molecular flexibility index (Phi) is 9.84. The number of hydrogen-bond donors (Lipinski definition) is 1. The third kappa shape index (κ3) is 7.22. The minimum Gasteiger partial charge on any atom is -0.483 e. The second-order valence-electron chi connectivity index (χ2n) is 9.20. The first-order valence-electron chi connectivity index (χ1n) is 12.0. The zero-order chi connectivity index (χ0) is 24.7. The highest BCUT2D eigenvalue weighted by molar-refractivity contribution is 9.10. The fourth-order valence-corrected chi connectivity index (χ4v) is 4.93. The Morgan fingerprint density at radius 1 is 1.15 bits per heavy atom. The number of rotatable bonds is 10. The number of benzene rings is 2. The molecule has 1 aliphatic rings. The first-order chi connectivity index (χ1) is 16.3. The highest BCUT2D eigenvalue weighted by atomic mass is 79.9. The molecule has 1 aliphatic carbocycles. The highest BCUT2D eigenvalue weighted by Crippen LogP contribution is 2.29. The van der Waals surface area contributed by atoms with Gasteiger partial charge in [0.15, 0.2) is 6.61 Å². The Hall–Kier alpha value is -2.05. The summed E-state index contributed by atoms with van der Waals surface area (Å²) >= 11 is 9.59. The summed E-state index contributed by atoms with van der Waals surface area (Å²) in [5.74, 6) is 0.667. The molecule has 1 saturated carbocycles. The molecule has 0 bridgehead atoms. The van der Waals surface area contributed by atoms with Gasteiger partial charge in [-0.3, -0.25) is 9.59 Å². The normalized spacial score (nSPS) is 14.8. The molecule has 0 unspecified atom stereocenters. The van der Waals surface area contributed by atoms with E-state index in [1.807, 2.05) is 37.3 Å². The van der Waals surface area contributed by atoms with Gasteiger partial charge in [0, 0.05) is 17.6 Å². The Morgan fingerprint density at radius 2 is 1.82 bits per heavy atom. The lowest BCUT2D eigenvalue weighted by atomic mass is 10.0. The van der Waals surface area contributed by atoms with Crippen LogP contribution in [0.15, 0.2) is 46.9 Å².